The van der Waals surface area contributed by atoms with Gasteiger partial charge in [-0.15, -0.1) is 0 Å². The van der Waals surface area contributed by atoms with Crippen LogP contribution in [0.4, 0.5) is 37.0 Å². The summed E-state index contributed by atoms with van der Waals surface area (Å²) in [6, 6.07) is 8.52. The van der Waals surface area contributed by atoms with Crippen LogP contribution in [0.3, 0.4) is 0 Å². The molecule has 50 heavy (non-hydrogen) atoms. The van der Waals surface area contributed by atoms with E-state index in [1.54, 1.807) is 58.9 Å². The number of alkyl halides is 6. The number of rotatable bonds is 8. The second-order valence-corrected chi connectivity index (χ2v) is 14.4. The topological polar surface area (TPSA) is 92.2 Å². The first-order valence-electron chi connectivity index (χ1n) is 16.1. The van der Waals surface area contributed by atoms with E-state index in [2.05, 4.69) is 0 Å². The fourth-order valence-corrected chi connectivity index (χ4v) is 5.95. The van der Waals surface area contributed by atoms with Crippen LogP contribution in [0.15, 0.2) is 48.5 Å². The molecule has 2 atom stereocenters. The lowest BCUT2D eigenvalue weighted by atomic mass is 9.84. The van der Waals surface area contributed by atoms with Gasteiger partial charge in [0, 0.05) is 24.2 Å². The van der Waals surface area contributed by atoms with Gasteiger partial charge in [0.2, 0.25) is 0 Å². The molecule has 0 unspecified atom stereocenters. The third kappa shape index (κ3) is 7.94. The summed E-state index contributed by atoms with van der Waals surface area (Å²) in [4.78, 5) is 34.2. The number of phenolic OH excluding ortho intramolecular Hbond substituents is 1. The Morgan fingerprint density at radius 1 is 0.920 bits per heavy atom. The number of hydrogen-bond acceptors (Lipinski definition) is 7. The second kappa shape index (κ2) is 13.0. The molecule has 1 amide bonds. The summed E-state index contributed by atoms with van der Waals surface area (Å²) >= 11 is 0. The number of phenols is 1. The maximum Gasteiger partial charge on any atom is 0.416 e. The average Bonchev–Trinajstić information content (AvgIpc) is 3.24. The summed E-state index contributed by atoms with van der Waals surface area (Å²) in [7, 11) is 0. The van der Waals surface area contributed by atoms with E-state index in [1.807, 2.05) is 4.90 Å². The molecule has 0 saturated carbocycles. The Hall–Kier alpha value is -4.49. The van der Waals surface area contributed by atoms with Crippen molar-refractivity contribution in [3.8, 4) is 16.9 Å². The van der Waals surface area contributed by atoms with Gasteiger partial charge in [-0.25, -0.2) is 9.78 Å². The number of aromatic nitrogens is 1. The summed E-state index contributed by atoms with van der Waals surface area (Å²) in [5, 5.41) is 11.0. The summed E-state index contributed by atoms with van der Waals surface area (Å²) in [5.74, 6) is 0.0865. The molecule has 0 aliphatic carbocycles. The van der Waals surface area contributed by atoms with Crippen molar-refractivity contribution in [2.24, 2.45) is 5.41 Å². The van der Waals surface area contributed by atoms with E-state index < -0.39 is 64.3 Å². The first-order chi connectivity index (χ1) is 23.0. The molecule has 3 aromatic rings. The van der Waals surface area contributed by atoms with Gasteiger partial charge in [0.25, 0.3) is 0 Å². The maximum atomic E-state index is 13.6. The Balaban J connectivity index is 1.50. The molecular formula is C36H39F6N3O5. The van der Waals surface area contributed by atoms with E-state index in [-0.39, 0.29) is 24.8 Å². The van der Waals surface area contributed by atoms with Gasteiger partial charge in [-0.3, -0.25) is 9.69 Å². The zero-order chi connectivity index (χ0) is 37.0. The highest BCUT2D eigenvalue weighted by Crippen LogP contribution is 2.42. The number of amides is 1. The molecule has 2 aliphatic rings. The molecule has 0 radical (unpaired) electrons. The number of carbonyl (C=O) groups excluding carboxylic acids is 2. The van der Waals surface area contributed by atoms with Crippen molar-refractivity contribution in [3.05, 3.63) is 76.5 Å². The Kier molecular flexibility index (Phi) is 9.56. The molecule has 2 aromatic carbocycles. The van der Waals surface area contributed by atoms with Gasteiger partial charge in [-0.05, 0) is 108 Å². The Labute approximate surface area is 286 Å². The SMILES string of the molecule is C[C@H]1[C@@H](c2cc(C(F)(F)F)cc(C(F)(F)F)c2)OC(=O)N1Cc1nc(N2CCC2)ccc1-c1cc(CC(C)(C)C(=O)OC(C)(C)C)ccc1O. The first kappa shape index (κ1) is 36.8. The normalized spacial score (nSPS) is 18.6. The van der Waals surface area contributed by atoms with Crippen LogP contribution in [0.5, 0.6) is 5.75 Å². The molecule has 2 fully saturated rings. The van der Waals surface area contributed by atoms with Gasteiger partial charge in [0.1, 0.15) is 23.3 Å². The van der Waals surface area contributed by atoms with Crippen LogP contribution in [-0.2, 0) is 39.6 Å². The molecule has 5 rings (SSSR count). The van der Waals surface area contributed by atoms with Crippen LogP contribution < -0.4 is 4.90 Å². The van der Waals surface area contributed by atoms with Crippen molar-refractivity contribution < 1.29 is 50.5 Å². The van der Waals surface area contributed by atoms with Gasteiger partial charge in [-0.1, -0.05) is 6.07 Å². The van der Waals surface area contributed by atoms with Crippen molar-refractivity contribution in [1.82, 2.24) is 9.88 Å². The van der Waals surface area contributed by atoms with Crippen LogP contribution in [0.1, 0.15) is 82.0 Å². The monoisotopic (exact) mass is 707 g/mol. The number of aromatic hydroxyl groups is 1. The average molecular weight is 708 g/mol. The lowest BCUT2D eigenvalue weighted by molar-refractivity contribution is -0.165. The highest BCUT2D eigenvalue weighted by molar-refractivity contribution is 5.78. The lowest BCUT2D eigenvalue weighted by Gasteiger charge is -2.33. The number of anilines is 1. The van der Waals surface area contributed by atoms with Gasteiger partial charge >= 0.3 is 24.4 Å². The number of pyridine rings is 1. The predicted molar refractivity (Wildman–Crippen MR) is 172 cm³/mol. The molecule has 3 heterocycles. The van der Waals surface area contributed by atoms with E-state index in [0.717, 1.165) is 19.5 Å². The molecule has 14 heteroatoms. The zero-order valence-corrected chi connectivity index (χ0v) is 28.5. The summed E-state index contributed by atoms with van der Waals surface area (Å²) in [6.07, 6.45) is -11.3. The number of ether oxygens (including phenoxy) is 2. The number of benzene rings is 2. The molecule has 270 valence electrons. The minimum absolute atomic E-state index is 0.0232. The van der Waals surface area contributed by atoms with E-state index >= 15 is 0 Å². The lowest BCUT2D eigenvalue weighted by Crippen LogP contribution is -2.38. The number of halogens is 6. The smallest absolute Gasteiger partial charge is 0.416 e. The molecule has 2 saturated heterocycles. The summed E-state index contributed by atoms with van der Waals surface area (Å²) in [6.45, 7) is 11.6. The number of hydrogen-bond donors (Lipinski definition) is 1. The minimum atomic E-state index is -5.07. The van der Waals surface area contributed by atoms with Gasteiger partial charge in [0.15, 0.2) is 0 Å². The fraction of sp³-hybridized carbons (Fsp3) is 0.472. The van der Waals surface area contributed by atoms with Crippen molar-refractivity contribution in [2.75, 3.05) is 18.0 Å². The van der Waals surface area contributed by atoms with Gasteiger partial charge < -0.3 is 19.5 Å². The Morgan fingerprint density at radius 2 is 1.54 bits per heavy atom. The molecular weight excluding hydrogens is 668 g/mol. The van der Waals surface area contributed by atoms with E-state index in [4.69, 9.17) is 14.5 Å². The largest absolute Gasteiger partial charge is 0.507 e. The van der Waals surface area contributed by atoms with Gasteiger partial charge in [-0.2, -0.15) is 26.3 Å². The van der Waals surface area contributed by atoms with Crippen LogP contribution in [0, 0.1) is 5.41 Å². The zero-order valence-electron chi connectivity index (χ0n) is 28.5. The molecule has 0 spiro atoms. The van der Waals surface area contributed by atoms with Crippen molar-refractivity contribution in [3.63, 3.8) is 0 Å². The Morgan fingerprint density at radius 3 is 2.08 bits per heavy atom. The van der Waals surface area contributed by atoms with Crippen molar-refractivity contribution in [2.45, 2.75) is 91.0 Å². The summed E-state index contributed by atoms with van der Waals surface area (Å²) in [5.41, 5.74) is -3.29. The highest BCUT2D eigenvalue weighted by atomic mass is 19.4. The standard InChI is InChI=1S/C36H39F6N3O5/c1-20-30(22-15-23(35(37,38)39)17-24(16-22)36(40,41)42)49-32(48)45(20)19-27-25(9-11-29(43-27)44-12-7-13-44)26-14-21(8-10-28(26)46)18-34(5,6)31(47)50-33(2,3)4/h8-11,14-17,20,30,46H,7,12-13,18-19H2,1-6H3/t20-,30-/m0/s1. The maximum absolute atomic E-state index is 13.6. The first-order valence-corrected chi connectivity index (χ1v) is 16.1. The van der Waals surface area contributed by atoms with Crippen molar-refractivity contribution >= 4 is 17.9 Å². The van der Waals surface area contributed by atoms with Gasteiger partial charge in [0.05, 0.1) is 34.8 Å². The minimum Gasteiger partial charge on any atom is -0.507 e. The summed E-state index contributed by atoms with van der Waals surface area (Å²) < 4.78 is 92.7. The number of nitrogens with zero attached hydrogens (tertiary/aromatic N) is 3. The fourth-order valence-electron chi connectivity index (χ4n) is 5.95. The second-order valence-electron chi connectivity index (χ2n) is 14.4. The van der Waals surface area contributed by atoms with Crippen LogP contribution in [0.2, 0.25) is 0 Å². The third-order valence-corrected chi connectivity index (χ3v) is 8.74. The van der Waals surface area contributed by atoms with Crippen LogP contribution in [-0.4, -0.2) is 51.8 Å². The quantitative estimate of drug-likeness (QED) is 0.185. The number of carbonyl (C=O) groups is 2. The van der Waals surface area contributed by atoms with E-state index in [0.29, 0.717) is 40.3 Å². The predicted octanol–water partition coefficient (Wildman–Crippen LogP) is 8.69. The van der Waals surface area contributed by atoms with Crippen LogP contribution in [0.25, 0.3) is 11.1 Å². The molecule has 2 aliphatic heterocycles. The molecule has 1 aromatic heterocycles. The third-order valence-electron chi connectivity index (χ3n) is 8.74. The Bertz CT molecular complexity index is 1750. The van der Waals surface area contributed by atoms with Crippen molar-refractivity contribution in [1.29, 1.82) is 0 Å². The molecule has 8 nitrogen and oxygen atoms in total. The molecule has 0 bridgehead atoms. The molecule has 1 N–H and O–H groups in total. The van der Waals surface area contributed by atoms with E-state index in [1.165, 1.54) is 17.9 Å². The number of esters is 1. The van der Waals surface area contributed by atoms with Crippen LogP contribution >= 0.6 is 0 Å². The van der Waals surface area contributed by atoms with E-state index in [9.17, 15) is 41.0 Å². The highest BCUT2D eigenvalue weighted by Gasteiger charge is 2.44. The number of cyclic esters (lactones) is 1.